The molecule has 11 heteroatoms. The number of thioether (sulfide) groups is 1. The minimum absolute atomic E-state index is 0.0770. The van der Waals surface area contributed by atoms with Crippen molar-refractivity contribution in [1.82, 2.24) is 10.0 Å². The van der Waals surface area contributed by atoms with Crippen molar-refractivity contribution in [3.05, 3.63) is 88.5 Å². The second-order valence-electron chi connectivity index (χ2n) is 10.2. The molecule has 9 nitrogen and oxygen atoms in total. The van der Waals surface area contributed by atoms with Crippen molar-refractivity contribution in [2.45, 2.75) is 50.5 Å². The SMILES string of the molecule is CSC(=NCCC[C@H](NC(=O)OCC1c2ccccc2-c2ccccc21)C(=O)O)NS(=O)(=O)c1c(C)cc(C)cc1C. The molecule has 0 aliphatic heterocycles. The normalized spacial score (nSPS) is 13.7. The minimum atomic E-state index is -3.85. The number of benzene rings is 3. The molecule has 1 atom stereocenters. The van der Waals surface area contributed by atoms with Gasteiger partial charge < -0.3 is 15.2 Å². The number of carboxylic acids is 1. The maximum Gasteiger partial charge on any atom is 0.407 e. The molecule has 0 spiro atoms. The van der Waals surface area contributed by atoms with Gasteiger partial charge in [0, 0.05) is 12.5 Å². The molecular weight excluding hydrogens is 574 g/mol. The van der Waals surface area contributed by atoms with Gasteiger partial charge in [-0.3, -0.25) is 9.71 Å². The largest absolute Gasteiger partial charge is 0.480 e. The summed E-state index contributed by atoms with van der Waals surface area (Å²) in [6.07, 6.45) is 1.28. The Kier molecular flexibility index (Phi) is 9.95. The summed E-state index contributed by atoms with van der Waals surface area (Å²) in [7, 11) is -3.85. The molecule has 3 aromatic carbocycles. The van der Waals surface area contributed by atoms with Gasteiger partial charge in [-0.25, -0.2) is 18.0 Å². The number of alkyl carbamates (subject to hydrolysis) is 1. The molecule has 0 bridgehead atoms. The zero-order valence-corrected chi connectivity index (χ0v) is 25.6. The maximum atomic E-state index is 13.1. The molecule has 0 saturated carbocycles. The first-order valence-corrected chi connectivity index (χ1v) is 16.3. The van der Waals surface area contributed by atoms with Crippen molar-refractivity contribution in [3.63, 3.8) is 0 Å². The molecule has 42 heavy (non-hydrogen) atoms. The first kappa shape index (κ1) is 31.1. The minimum Gasteiger partial charge on any atom is -0.480 e. The Morgan fingerprint density at radius 1 is 1.00 bits per heavy atom. The van der Waals surface area contributed by atoms with Crippen LogP contribution in [0.2, 0.25) is 0 Å². The van der Waals surface area contributed by atoms with E-state index in [1.165, 1.54) is 0 Å². The highest BCUT2D eigenvalue weighted by molar-refractivity contribution is 8.14. The van der Waals surface area contributed by atoms with Gasteiger partial charge in [-0.15, -0.1) is 0 Å². The maximum absolute atomic E-state index is 13.1. The molecule has 0 fully saturated rings. The van der Waals surface area contributed by atoms with Crippen molar-refractivity contribution in [2.75, 3.05) is 19.4 Å². The lowest BCUT2D eigenvalue weighted by molar-refractivity contribution is -0.139. The molecule has 1 aliphatic rings. The molecule has 0 radical (unpaired) electrons. The smallest absolute Gasteiger partial charge is 0.407 e. The van der Waals surface area contributed by atoms with Crippen molar-refractivity contribution >= 4 is 39.0 Å². The number of amidine groups is 1. The molecule has 0 aromatic heterocycles. The van der Waals surface area contributed by atoms with E-state index in [0.29, 0.717) is 17.5 Å². The fourth-order valence-electron chi connectivity index (χ4n) is 5.41. The average molecular weight is 610 g/mol. The predicted molar refractivity (Wildman–Crippen MR) is 166 cm³/mol. The fraction of sp³-hybridized carbons (Fsp3) is 0.323. The van der Waals surface area contributed by atoms with Crippen LogP contribution in [0.3, 0.4) is 0 Å². The molecular formula is C31H35N3O6S2. The first-order chi connectivity index (χ1) is 20.0. The van der Waals surface area contributed by atoms with E-state index in [1.54, 1.807) is 20.1 Å². The van der Waals surface area contributed by atoms with Crippen molar-refractivity contribution < 1.29 is 27.9 Å². The zero-order chi connectivity index (χ0) is 30.4. The van der Waals surface area contributed by atoms with Crippen molar-refractivity contribution in [1.29, 1.82) is 0 Å². The summed E-state index contributed by atoms with van der Waals surface area (Å²) >= 11 is 1.14. The van der Waals surface area contributed by atoms with Crippen LogP contribution in [0.1, 0.15) is 46.6 Å². The van der Waals surface area contributed by atoms with Gasteiger partial charge in [-0.2, -0.15) is 0 Å². The molecule has 0 heterocycles. The van der Waals surface area contributed by atoms with Crippen LogP contribution >= 0.6 is 11.8 Å². The van der Waals surface area contributed by atoms with Gasteiger partial charge in [0.05, 0.1) is 4.90 Å². The number of carbonyl (C=O) groups excluding carboxylic acids is 1. The van der Waals surface area contributed by atoms with Crippen molar-refractivity contribution in [3.8, 4) is 11.1 Å². The van der Waals surface area contributed by atoms with Crippen LogP contribution in [0, 0.1) is 20.8 Å². The number of aryl methyl sites for hydroxylation is 3. The highest BCUT2D eigenvalue weighted by Gasteiger charge is 2.30. The third-order valence-electron chi connectivity index (χ3n) is 7.13. The van der Waals surface area contributed by atoms with E-state index in [9.17, 15) is 23.1 Å². The summed E-state index contributed by atoms with van der Waals surface area (Å²) < 4.78 is 34.1. The third kappa shape index (κ3) is 7.14. The summed E-state index contributed by atoms with van der Waals surface area (Å²) in [5.74, 6) is -1.33. The quantitative estimate of drug-likeness (QED) is 0.160. The summed E-state index contributed by atoms with van der Waals surface area (Å²) in [6.45, 7) is 5.65. The number of hydrogen-bond acceptors (Lipinski definition) is 7. The molecule has 3 aromatic rings. The number of fused-ring (bicyclic) bond motifs is 3. The van der Waals surface area contributed by atoms with E-state index in [-0.39, 0.29) is 35.6 Å². The lowest BCUT2D eigenvalue weighted by Gasteiger charge is -2.17. The summed E-state index contributed by atoms with van der Waals surface area (Å²) in [4.78, 5) is 29.0. The van der Waals surface area contributed by atoms with Crippen LogP contribution in [0.25, 0.3) is 11.1 Å². The molecule has 0 unspecified atom stereocenters. The van der Waals surface area contributed by atoms with Gasteiger partial charge in [-0.1, -0.05) is 78.0 Å². The van der Waals surface area contributed by atoms with Gasteiger partial charge in [0.15, 0.2) is 5.17 Å². The monoisotopic (exact) mass is 609 g/mol. The molecule has 1 amide bonds. The second-order valence-corrected chi connectivity index (χ2v) is 12.6. The Bertz CT molecular complexity index is 1550. The van der Waals surface area contributed by atoms with Gasteiger partial charge in [0.25, 0.3) is 10.0 Å². The second kappa shape index (κ2) is 13.4. The molecule has 3 N–H and O–H groups in total. The lowest BCUT2D eigenvalue weighted by atomic mass is 9.98. The van der Waals surface area contributed by atoms with E-state index in [0.717, 1.165) is 39.6 Å². The van der Waals surface area contributed by atoms with Crippen LogP contribution in [0.5, 0.6) is 0 Å². The number of sulfonamides is 1. The fourth-order valence-corrected chi connectivity index (χ4v) is 7.66. The highest BCUT2D eigenvalue weighted by atomic mass is 32.2. The van der Waals surface area contributed by atoms with E-state index in [4.69, 9.17) is 4.74 Å². The van der Waals surface area contributed by atoms with Crippen LogP contribution in [0.4, 0.5) is 4.79 Å². The Hall–Kier alpha value is -3.83. The number of ether oxygens (including phenoxy) is 1. The van der Waals surface area contributed by atoms with Gasteiger partial charge in [-0.05, 0) is 73.2 Å². The Balaban J connectivity index is 1.31. The number of aliphatic carboxylic acids is 1. The van der Waals surface area contributed by atoms with E-state index >= 15 is 0 Å². The lowest BCUT2D eigenvalue weighted by Crippen LogP contribution is -2.41. The first-order valence-electron chi connectivity index (χ1n) is 13.5. The third-order valence-corrected chi connectivity index (χ3v) is 9.52. The summed E-state index contributed by atoms with van der Waals surface area (Å²) in [6, 6.07) is 18.4. The molecule has 1 aliphatic carbocycles. The Morgan fingerprint density at radius 2 is 1.57 bits per heavy atom. The molecule has 4 rings (SSSR count). The number of carboxylic acid groups (broad SMARTS) is 1. The van der Waals surface area contributed by atoms with E-state index in [1.807, 2.05) is 67.6 Å². The number of carbonyl (C=O) groups is 2. The number of hydrogen-bond donors (Lipinski definition) is 3. The topological polar surface area (TPSA) is 134 Å². The number of nitrogens with one attached hydrogen (secondary N) is 2. The van der Waals surface area contributed by atoms with Crippen LogP contribution < -0.4 is 10.0 Å². The Labute approximate surface area is 250 Å². The Morgan fingerprint density at radius 3 is 2.12 bits per heavy atom. The molecule has 222 valence electrons. The van der Waals surface area contributed by atoms with Gasteiger partial charge >= 0.3 is 12.1 Å². The van der Waals surface area contributed by atoms with E-state index < -0.39 is 28.1 Å². The number of rotatable bonds is 10. The highest BCUT2D eigenvalue weighted by Crippen LogP contribution is 2.44. The summed E-state index contributed by atoms with van der Waals surface area (Å²) in [5.41, 5.74) is 6.58. The van der Waals surface area contributed by atoms with Crippen LogP contribution in [0.15, 0.2) is 70.6 Å². The van der Waals surface area contributed by atoms with Crippen molar-refractivity contribution in [2.24, 2.45) is 4.99 Å². The predicted octanol–water partition coefficient (Wildman–Crippen LogP) is 5.38. The standard InChI is InChI=1S/C31H35N3O6S2/c1-19-16-20(2)28(21(3)17-19)42(38,39)34-30(41-4)32-15-9-14-27(29(35)36)33-31(37)40-18-26-24-12-7-5-10-22(24)23-11-6-8-13-25(23)26/h5-8,10-13,16-17,26-27H,9,14-15,18H2,1-4H3,(H,32,34)(H,33,37)(H,35,36)/t27-/m0/s1. The average Bonchev–Trinajstić information content (AvgIpc) is 3.25. The number of nitrogens with zero attached hydrogens (tertiary/aromatic N) is 1. The number of amides is 1. The van der Waals surface area contributed by atoms with Crippen LogP contribution in [-0.4, -0.2) is 56.2 Å². The van der Waals surface area contributed by atoms with Gasteiger partial charge in [0.1, 0.15) is 12.6 Å². The van der Waals surface area contributed by atoms with Crippen LogP contribution in [-0.2, 0) is 19.6 Å². The zero-order valence-electron chi connectivity index (χ0n) is 24.0. The van der Waals surface area contributed by atoms with Gasteiger partial charge in [0.2, 0.25) is 0 Å². The summed E-state index contributed by atoms with van der Waals surface area (Å²) in [5, 5.41) is 12.3. The molecule has 0 saturated heterocycles. The number of aliphatic imine (C=N–C) groups is 1. The van der Waals surface area contributed by atoms with E-state index in [2.05, 4.69) is 15.0 Å².